The molecule has 0 bridgehead atoms. The van der Waals surface area contributed by atoms with Crippen LogP contribution in [0.25, 0.3) is 0 Å². The van der Waals surface area contributed by atoms with Crippen molar-refractivity contribution in [3.8, 4) is 5.75 Å². The van der Waals surface area contributed by atoms with Crippen LogP contribution in [0.3, 0.4) is 0 Å². The average Bonchev–Trinajstić information content (AvgIpc) is 2.67. The maximum absolute atomic E-state index is 11.9. The molecule has 0 saturated heterocycles. The van der Waals surface area contributed by atoms with Gasteiger partial charge in [0.05, 0.1) is 6.61 Å². The number of benzene rings is 1. The highest BCUT2D eigenvalue weighted by Gasteiger charge is 2.15. The highest BCUT2D eigenvalue weighted by atomic mass is 16.5. The Morgan fingerprint density at radius 3 is 1.89 bits per heavy atom. The predicted molar refractivity (Wildman–Crippen MR) is 112 cm³/mol. The van der Waals surface area contributed by atoms with E-state index in [2.05, 4.69) is 6.92 Å². The molecule has 0 fully saturated rings. The van der Waals surface area contributed by atoms with Crippen molar-refractivity contribution in [2.45, 2.75) is 96.4 Å². The summed E-state index contributed by atoms with van der Waals surface area (Å²) in [5.41, 5.74) is 6.82. The summed E-state index contributed by atoms with van der Waals surface area (Å²) in [4.78, 5) is 11.9. The molecular weight excluding hydrogens is 338 g/mol. The van der Waals surface area contributed by atoms with Gasteiger partial charge in [-0.05, 0) is 30.5 Å². The van der Waals surface area contributed by atoms with Crippen molar-refractivity contribution in [1.29, 1.82) is 0 Å². The summed E-state index contributed by atoms with van der Waals surface area (Å²) in [6, 6.07) is 6.09. The van der Waals surface area contributed by atoms with Crippen LogP contribution >= 0.6 is 0 Å². The maximum atomic E-state index is 11.9. The summed E-state index contributed by atoms with van der Waals surface area (Å²) in [5, 5.41) is 9.26. The number of rotatable bonds is 16. The lowest BCUT2D eigenvalue weighted by atomic mass is 10.1. The van der Waals surface area contributed by atoms with Crippen LogP contribution < -0.4 is 5.73 Å². The number of hydrogen-bond donors (Lipinski definition) is 2. The van der Waals surface area contributed by atoms with Gasteiger partial charge in [0, 0.05) is 0 Å². The summed E-state index contributed by atoms with van der Waals surface area (Å²) in [7, 11) is 0. The molecule has 1 aromatic carbocycles. The molecule has 1 rings (SSSR count). The zero-order valence-electron chi connectivity index (χ0n) is 17.1. The number of hydrogen-bond acceptors (Lipinski definition) is 4. The second-order valence-corrected chi connectivity index (χ2v) is 7.53. The number of phenols is 1. The normalized spacial score (nSPS) is 12.1. The largest absolute Gasteiger partial charge is 0.508 e. The first-order chi connectivity index (χ1) is 13.1. The molecule has 0 aromatic heterocycles. The van der Waals surface area contributed by atoms with E-state index < -0.39 is 6.04 Å². The third-order valence-corrected chi connectivity index (χ3v) is 4.94. The van der Waals surface area contributed by atoms with Crippen molar-refractivity contribution in [2.75, 3.05) is 6.61 Å². The van der Waals surface area contributed by atoms with Crippen LogP contribution in [0.1, 0.15) is 89.5 Å². The lowest BCUT2D eigenvalue weighted by Crippen LogP contribution is -2.34. The van der Waals surface area contributed by atoms with E-state index in [4.69, 9.17) is 10.5 Å². The minimum atomic E-state index is -0.646. The standard InChI is InChI=1S/C23H39NO3/c1-2-3-4-5-6-7-8-9-10-11-12-13-18-27-23(26)22(24)19-20-14-16-21(25)17-15-20/h14-17,22,25H,2-13,18-19,24H2,1H3/t22-/m0/s1. The minimum absolute atomic E-state index is 0.210. The molecule has 27 heavy (non-hydrogen) atoms. The first-order valence-corrected chi connectivity index (χ1v) is 10.8. The lowest BCUT2D eigenvalue weighted by Gasteiger charge is -2.11. The fourth-order valence-corrected chi connectivity index (χ4v) is 3.19. The van der Waals surface area contributed by atoms with Crippen LogP contribution in [0.5, 0.6) is 5.75 Å². The molecule has 0 spiro atoms. The van der Waals surface area contributed by atoms with Crippen LogP contribution in [-0.4, -0.2) is 23.7 Å². The third-order valence-electron chi connectivity index (χ3n) is 4.94. The van der Waals surface area contributed by atoms with Gasteiger partial charge in [0.2, 0.25) is 0 Å². The Morgan fingerprint density at radius 2 is 1.37 bits per heavy atom. The summed E-state index contributed by atoms with van der Waals surface area (Å²) in [6.45, 7) is 2.71. The van der Waals surface area contributed by atoms with Crippen molar-refractivity contribution < 1.29 is 14.6 Å². The first kappa shape index (κ1) is 23.5. The lowest BCUT2D eigenvalue weighted by molar-refractivity contribution is -0.145. The minimum Gasteiger partial charge on any atom is -0.508 e. The predicted octanol–water partition coefficient (Wildman–Crippen LogP) is 5.51. The fraction of sp³-hybridized carbons (Fsp3) is 0.696. The Balaban J connectivity index is 1.92. The maximum Gasteiger partial charge on any atom is 0.323 e. The molecule has 3 N–H and O–H groups in total. The molecule has 4 heteroatoms. The Hall–Kier alpha value is -1.55. The van der Waals surface area contributed by atoms with Gasteiger partial charge in [0.1, 0.15) is 11.8 Å². The van der Waals surface area contributed by atoms with Crippen LogP contribution in [0.15, 0.2) is 24.3 Å². The zero-order chi connectivity index (χ0) is 19.7. The van der Waals surface area contributed by atoms with Gasteiger partial charge in [-0.2, -0.15) is 0 Å². The summed E-state index contributed by atoms with van der Waals surface area (Å²) >= 11 is 0. The molecule has 0 heterocycles. The molecule has 1 aromatic rings. The molecule has 0 amide bonds. The quantitative estimate of drug-likeness (QED) is 0.294. The summed E-state index contributed by atoms with van der Waals surface area (Å²) in [6.07, 6.45) is 15.9. The van der Waals surface area contributed by atoms with Gasteiger partial charge in [-0.3, -0.25) is 4.79 Å². The number of carbonyl (C=O) groups excluding carboxylic acids is 1. The first-order valence-electron chi connectivity index (χ1n) is 10.8. The molecule has 0 saturated carbocycles. The summed E-state index contributed by atoms with van der Waals surface area (Å²) in [5.74, 6) is -0.131. The van der Waals surface area contributed by atoms with E-state index in [0.717, 1.165) is 18.4 Å². The Morgan fingerprint density at radius 1 is 0.889 bits per heavy atom. The molecule has 0 unspecified atom stereocenters. The SMILES string of the molecule is CCCCCCCCCCCCCCOC(=O)[C@@H](N)Cc1ccc(O)cc1. The Labute approximate surface area is 165 Å². The van der Waals surface area contributed by atoms with Gasteiger partial charge in [0.25, 0.3) is 0 Å². The monoisotopic (exact) mass is 377 g/mol. The number of carbonyl (C=O) groups is 1. The van der Waals surface area contributed by atoms with E-state index in [1.807, 2.05) is 0 Å². The van der Waals surface area contributed by atoms with Gasteiger partial charge < -0.3 is 15.6 Å². The number of ether oxygens (including phenoxy) is 1. The zero-order valence-corrected chi connectivity index (χ0v) is 17.1. The molecular formula is C23H39NO3. The van der Waals surface area contributed by atoms with E-state index in [0.29, 0.717) is 13.0 Å². The third kappa shape index (κ3) is 12.5. The van der Waals surface area contributed by atoms with Gasteiger partial charge in [-0.15, -0.1) is 0 Å². The summed E-state index contributed by atoms with van der Waals surface area (Å²) < 4.78 is 5.28. The molecule has 0 aliphatic carbocycles. The van der Waals surface area contributed by atoms with Gasteiger partial charge in [0.15, 0.2) is 0 Å². The molecule has 154 valence electrons. The van der Waals surface area contributed by atoms with Crippen molar-refractivity contribution >= 4 is 5.97 Å². The second-order valence-electron chi connectivity index (χ2n) is 7.53. The van der Waals surface area contributed by atoms with Crippen molar-refractivity contribution in [3.05, 3.63) is 29.8 Å². The van der Waals surface area contributed by atoms with Gasteiger partial charge >= 0.3 is 5.97 Å². The van der Waals surface area contributed by atoms with E-state index >= 15 is 0 Å². The van der Waals surface area contributed by atoms with Crippen molar-refractivity contribution in [3.63, 3.8) is 0 Å². The number of unbranched alkanes of at least 4 members (excludes halogenated alkanes) is 11. The molecule has 4 nitrogen and oxygen atoms in total. The molecule has 0 radical (unpaired) electrons. The number of nitrogens with two attached hydrogens (primary N) is 1. The average molecular weight is 378 g/mol. The Bertz CT molecular complexity index is 487. The molecule has 0 aliphatic rings. The van der Waals surface area contributed by atoms with Gasteiger partial charge in [-0.25, -0.2) is 0 Å². The van der Waals surface area contributed by atoms with Gasteiger partial charge in [-0.1, -0.05) is 89.7 Å². The van der Waals surface area contributed by atoms with Crippen LogP contribution in [0.2, 0.25) is 0 Å². The van der Waals surface area contributed by atoms with Crippen LogP contribution in [0.4, 0.5) is 0 Å². The van der Waals surface area contributed by atoms with Crippen molar-refractivity contribution in [1.82, 2.24) is 0 Å². The molecule has 1 atom stereocenters. The van der Waals surface area contributed by atoms with Crippen LogP contribution in [-0.2, 0) is 16.0 Å². The smallest absolute Gasteiger partial charge is 0.323 e. The van der Waals surface area contributed by atoms with E-state index in [1.165, 1.54) is 64.2 Å². The van der Waals surface area contributed by atoms with Crippen molar-refractivity contribution in [2.24, 2.45) is 5.73 Å². The number of phenolic OH excluding ortho intramolecular Hbond substituents is 1. The second kappa shape index (κ2) is 15.5. The topological polar surface area (TPSA) is 72.5 Å². The highest BCUT2D eigenvalue weighted by Crippen LogP contribution is 2.13. The Kier molecular flexibility index (Phi) is 13.5. The van der Waals surface area contributed by atoms with E-state index in [1.54, 1.807) is 24.3 Å². The fourth-order valence-electron chi connectivity index (χ4n) is 3.19. The number of aromatic hydroxyl groups is 1. The van der Waals surface area contributed by atoms with E-state index in [-0.39, 0.29) is 11.7 Å². The van der Waals surface area contributed by atoms with Crippen LogP contribution in [0, 0.1) is 0 Å². The molecule has 0 aliphatic heterocycles. The highest BCUT2D eigenvalue weighted by molar-refractivity contribution is 5.75. The number of esters is 1. The van der Waals surface area contributed by atoms with E-state index in [9.17, 15) is 9.90 Å².